The Hall–Kier alpha value is -2.46. The van der Waals surface area contributed by atoms with Gasteiger partial charge in [0.2, 0.25) is 0 Å². The summed E-state index contributed by atoms with van der Waals surface area (Å²) in [6, 6.07) is 0. The Morgan fingerprint density at radius 2 is 1.55 bits per heavy atom. The van der Waals surface area contributed by atoms with Gasteiger partial charge in [-0.1, -0.05) is 20.4 Å². The van der Waals surface area contributed by atoms with Crippen molar-refractivity contribution in [2.24, 2.45) is 23.7 Å². The summed E-state index contributed by atoms with van der Waals surface area (Å²) in [7, 11) is 0. The molecule has 38 heavy (non-hydrogen) atoms. The van der Waals surface area contributed by atoms with Crippen LogP contribution in [0.5, 0.6) is 0 Å². The molecule has 1 N–H and O–H groups in total. The van der Waals surface area contributed by atoms with Gasteiger partial charge in [0.15, 0.2) is 11.7 Å². The minimum atomic E-state index is -1.47. The lowest BCUT2D eigenvalue weighted by atomic mass is 9.55. The Morgan fingerprint density at radius 1 is 0.974 bits per heavy atom. The van der Waals surface area contributed by atoms with Gasteiger partial charge in [-0.3, -0.25) is 19.2 Å². The molecule has 0 radical (unpaired) electrons. The number of hydrogen-bond donors (Lipinski definition) is 1. The Morgan fingerprint density at radius 3 is 2.05 bits per heavy atom. The van der Waals surface area contributed by atoms with E-state index in [1.807, 2.05) is 13.8 Å². The minimum Gasteiger partial charge on any atom is -0.458 e. The third kappa shape index (κ3) is 5.76. The van der Waals surface area contributed by atoms with Crippen molar-refractivity contribution < 1.29 is 48.0 Å². The van der Waals surface area contributed by atoms with Gasteiger partial charge in [0, 0.05) is 45.4 Å². The third-order valence-corrected chi connectivity index (χ3v) is 8.32. The highest BCUT2D eigenvalue weighted by atomic mass is 16.6. The Kier molecular flexibility index (Phi) is 8.68. The monoisotopic (exact) mass is 538 g/mol. The molecule has 10 nitrogen and oxygen atoms in total. The van der Waals surface area contributed by atoms with Crippen molar-refractivity contribution in [1.29, 1.82) is 0 Å². The first kappa shape index (κ1) is 30.1. The third-order valence-electron chi connectivity index (χ3n) is 8.32. The highest BCUT2D eigenvalue weighted by Gasteiger charge is 2.70. The van der Waals surface area contributed by atoms with Crippen LogP contribution in [0.25, 0.3) is 0 Å². The molecule has 0 unspecified atom stereocenters. The van der Waals surface area contributed by atoms with Crippen LogP contribution >= 0.6 is 0 Å². The Bertz CT molecular complexity index is 971. The smallest absolute Gasteiger partial charge is 0.303 e. The zero-order valence-corrected chi connectivity index (χ0v) is 23.6. The average Bonchev–Trinajstić information content (AvgIpc) is 3.13. The molecule has 0 aromatic heterocycles. The van der Waals surface area contributed by atoms with E-state index in [-0.39, 0.29) is 18.8 Å². The van der Waals surface area contributed by atoms with Gasteiger partial charge in [0.1, 0.15) is 12.2 Å². The molecule has 1 aliphatic carbocycles. The maximum atomic E-state index is 12.5. The van der Waals surface area contributed by atoms with Crippen LogP contribution in [0.4, 0.5) is 0 Å². The summed E-state index contributed by atoms with van der Waals surface area (Å²) >= 11 is 0. The van der Waals surface area contributed by atoms with E-state index in [1.165, 1.54) is 27.7 Å². The lowest BCUT2D eigenvalue weighted by molar-refractivity contribution is -0.248. The molecule has 0 spiro atoms. The van der Waals surface area contributed by atoms with E-state index >= 15 is 0 Å². The van der Waals surface area contributed by atoms with Gasteiger partial charge in [-0.25, -0.2) is 0 Å². The lowest BCUT2D eigenvalue weighted by Gasteiger charge is -2.55. The summed E-state index contributed by atoms with van der Waals surface area (Å²) in [5, 5.41) is 11.8. The molecule has 0 amide bonds. The molecule has 3 rings (SSSR count). The van der Waals surface area contributed by atoms with Crippen LogP contribution < -0.4 is 0 Å². The van der Waals surface area contributed by atoms with Gasteiger partial charge in [0.05, 0.1) is 17.8 Å². The van der Waals surface area contributed by atoms with Crippen LogP contribution in [0, 0.1) is 23.7 Å². The quantitative estimate of drug-likeness (QED) is 0.316. The maximum Gasteiger partial charge on any atom is 0.303 e. The number of esters is 4. The van der Waals surface area contributed by atoms with E-state index in [0.29, 0.717) is 12.0 Å². The Labute approximate surface area is 224 Å². The summed E-state index contributed by atoms with van der Waals surface area (Å²) in [5.74, 6) is -3.76. The molecule has 214 valence electrons. The van der Waals surface area contributed by atoms with Crippen molar-refractivity contribution in [2.75, 3.05) is 0 Å². The van der Waals surface area contributed by atoms with E-state index in [1.54, 1.807) is 13.8 Å². The van der Waals surface area contributed by atoms with Crippen molar-refractivity contribution in [2.45, 2.75) is 116 Å². The molecular formula is C28H42O10. The fraction of sp³-hybridized carbons (Fsp3) is 0.786. The molecule has 3 aliphatic rings. The summed E-state index contributed by atoms with van der Waals surface area (Å²) in [5.41, 5.74) is -2.24. The summed E-state index contributed by atoms with van der Waals surface area (Å²) < 4.78 is 29.7. The Balaban J connectivity index is 2.25. The van der Waals surface area contributed by atoms with Gasteiger partial charge in [-0.05, 0) is 44.6 Å². The summed E-state index contributed by atoms with van der Waals surface area (Å²) in [6.45, 7) is 16.6. The van der Waals surface area contributed by atoms with Gasteiger partial charge >= 0.3 is 23.9 Å². The highest BCUT2D eigenvalue weighted by molar-refractivity contribution is 5.69. The number of fused-ring (bicyclic) bond motifs is 5. The molecule has 10 heteroatoms. The second kappa shape index (κ2) is 11.0. The molecule has 2 heterocycles. The zero-order chi connectivity index (χ0) is 28.7. The van der Waals surface area contributed by atoms with E-state index in [0.717, 1.165) is 0 Å². The number of aliphatic hydroxyl groups is 1. The zero-order valence-electron chi connectivity index (χ0n) is 23.6. The molecule has 2 bridgehead atoms. The molecule has 1 saturated carbocycles. The largest absolute Gasteiger partial charge is 0.458 e. The molecule has 2 saturated heterocycles. The lowest BCUT2D eigenvalue weighted by Crippen LogP contribution is -2.69. The first-order valence-electron chi connectivity index (χ1n) is 13.3. The van der Waals surface area contributed by atoms with E-state index in [4.69, 9.17) is 23.7 Å². The van der Waals surface area contributed by atoms with Crippen molar-refractivity contribution in [3.05, 3.63) is 12.2 Å². The number of rotatable bonds is 5. The fourth-order valence-corrected chi connectivity index (χ4v) is 7.12. The van der Waals surface area contributed by atoms with Crippen LogP contribution in [0.3, 0.4) is 0 Å². The SMILES string of the molecule is C=C1C[C@@H]2O[C@@H]([C@@H]3[C@@H](C(C)C)[C@H](OC(C)=O)[C@H](OC(C)=O)[C@@](C)(OC(C)=O)[C@@H]32)[C@](C)(O)CC[C@@H]1OC(C)=O. The van der Waals surface area contributed by atoms with Gasteiger partial charge in [-0.15, -0.1) is 0 Å². The predicted octanol–water partition coefficient (Wildman–Crippen LogP) is 2.88. The van der Waals surface area contributed by atoms with Crippen molar-refractivity contribution in [3.8, 4) is 0 Å². The van der Waals surface area contributed by atoms with Crippen LogP contribution in [-0.4, -0.2) is 70.7 Å². The van der Waals surface area contributed by atoms with Crippen LogP contribution in [0.2, 0.25) is 0 Å². The first-order valence-corrected chi connectivity index (χ1v) is 13.3. The van der Waals surface area contributed by atoms with Crippen LogP contribution in [0.15, 0.2) is 12.2 Å². The summed E-state index contributed by atoms with van der Waals surface area (Å²) in [6.07, 6.45) is -3.21. The standard InChI is InChI=1S/C28H42O10/c1-13(2)21-22-23(28(9,38-18(7)32)26(36-17(6)31)24(21)35-16(5)30)20-12-14(3)19(34-15(4)29)10-11-27(8,33)25(22)37-20/h13,19-26,33H,3,10-12H2,1-2,4-9H3/t19-,20-,21+,22+,23+,24-,25-,26-,27+,28-/m0/s1. The molecule has 10 atom stereocenters. The maximum absolute atomic E-state index is 12.5. The molecule has 3 fully saturated rings. The van der Waals surface area contributed by atoms with E-state index < -0.39 is 83.4 Å². The molecular weight excluding hydrogens is 496 g/mol. The normalized spacial score (nSPS) is 40.7. The van der Waals surface area contributed by atoms with Crippen LogP contribution in [-0.2, 0) is 42.9 Å². The topological polar surface area (TPSA) is 135 Å². The van der Waals surface area contributed by atoms with Crippen LogP contribution in [0.1, 0.15) is 74.7 Å². The molecule has 0 aromatic rings. The van der Waals surface area contributed by atoms with E-state index in [9.17, 15) is 24.3 Å². The number of carbonyl (C=O) groups excluding carboxylic acids is 4. The number of hydrogen-bond acceptors (Lipinski definition) is 10. The van der Waals surface area contributed by atoms with Gasteiger partial charge < -0.3 is 28.8 Å². The number of carbonyl (C=O) groups is 4. The average molecular weight is 539 g/mol. The predicted molar refractivity (Wildman–Crippen MR) is 134 cm³/mol. The summed E-state index contributed by atoms with van der Waals surface area (Å²) in [4.78, 5) is 48.9. The van der Waals surface area contributed by atoms with Gasteiger partial charge in [0.25, 0.3) is 0 Å². The minimum absolute atomic E-state index is 0.0904. The van der Waals surface area contributed by atoms with E-state index in [2.05, 4.69) is 6.58 Å². The second-order valence-electron chi connectivity index (χ2n) is 11.8. The first-order chi connectivity index (χ1) is 17.5. The fourth-order valence-electron chi connectivity index (χ4n) is 7.12. The molecule has 0 aromatic carbocycles. The van der Waals surface area contributed by atoms with Crippen molar-refractivity contribution in [1.82, 2.24) is 0 Å². The van der Waals surface area contributed by atoms with Crippen molar-refractivity contribution >= 4 is 23.9 Å². The second-order valence-corrected chi connectivity index (χ2v) is 11.8. The van der Waals surface area contributed by atoms with Crippen molar-refractivity contribution in [3.63, 3.8) is 0 Å². The van der Waals surface area contributed by atoms with Gasteiger partial charge in [-0.2, -0.15) is 0 Å². The molecule has 2 aliphatic heterocycles. The highest BCUT2D eigenvalue weighted by Crippen LogP contribution is 2.59. The number of ether oxygens (including phenoxy) is 5.